The summed E-state index contributed by atoms with van der Waals surface area (Å²) in [5.41, 5.74) is 0. The first-order chi connectivity index (χ1) is 2.91. The van der Waals surface area contributed by atoms with Crippen molar-refractivity contribution < 1.29 is 0 Å². The Morgan fingerprint density at radius 1 is 1.67 bits per heavy atom. The van der Waals surface area contributed by atoms with Gasteiger partial charge >= 0.3 is 0 Å². The highest BCUT2D eigenvalue weighted by Crippen LogP contribution is 1.97. The van der Waals surface area contributed by atoms with E-state index in [1.807, 2.05) is 6.92 Å². The molecule has 0 aromatic carbocycles. The molecule has 0 radical (unpaired) electrons. The van der Waals surface area contributed by atoms with Gasteiger partial charge in [-0.3, -0.25) is 0 Å². The smallest absolute Gasteiger partial charge is 0.0498 e. The first-order valence-electron chi connectivity index (χ1n) is 1.83. The van der Waals surface area contributed by atoms with Gasteiger partial charge in [0.05, 0.1) is 0 Å². The fourth-order valence-corrected chi connectivity index (χ4v) is 0.346. The van der Waals surface area contributed by atoms with Gasteiger partial charge in [-0.25, -0.2) is 0 Å². The maximum absolute atomic E-state index is 3.63. The highest BCUT2D eigenvalue weighted by atomic mass is 32.2. The summed E-state index contributed by atoms with van der Waals surface area (Å²) in [4.78, 5) is 0. The Hall–Kier alpha value is -0.0500. The molecular formula is C3H8N2S. The van der Waals surface area contributed by atoms with Crippen molar-refractivity contribution >= 4 is 11.9 Å². The third kappa shape index (κ3) is 3.95. The SMILES string of the molecule is CCS/N=N\C. The largest absolute Gasteiger partial charge is 0.185 e. The second-order valence-corrected chi connectivity index (χ2v) is 1.70. The lowest BCUT2D eigenvalue weighted by Gasteiger charge is -1.75. The molecule has 0 amide bonds. The van der Waals surface area contributed by atoms with Crippen molar-refractivity contribution in [2.45, 2.75) is 6.92 Å². The molecule has 3 heteroatoms. The van der Waals surface area contributed by atoms with Crippen LogP contribution in [0.15, 0.2) is 9.63 Å². The van der Waals surface area contributed by atoms with E-state index in [2.05, 4.69) is 9.63 Å². The molecule has 6 heavy (non-hydrogen) atoms. The molecule has 0 saturated heterocycles. The zero-order valence-corrected chi connectivity index (χ0v) is 4.83. The highest BCUT2D eigenvalue weighted by Gasteiger charge is 1.66. The van der Waals surface area contributed by atoms with Crippen LogP contribution in [0.1, 0.15) is 6.92 Å². The van der Waals surface area contributed by atoms with E-state index in [-0.39, 0.29) is 0 Å². The molecule has 0 spiro atoms. The lowest BCUT2D eigenvalue weighted by molar-refractivity contribution is 1.25. The van der Waals surface area contributed by atoms with Gasteiger partial charge in [-0.05, 0) is 11.9 Å². The summed E-state index contributed by atoms with van der Waals surface area (Å²) >= 11 is 1.47. The van der Waals surface area contributed by atoms with E-state index < -0.39 is 0 Å². The molecule has 0 atom stereocenters. The van der Waals surface area contributed by atoms with E-state index in [0.29, 0.717) is 0 Å². The summed E-state index contributed by atoms with van der Waals surface area (Å²) in [7, 11) is 1.67. The van der Waals surface area contributed by atoms with Crippen LogP contribution in [-0.4, -0.2) is 12.8 Å². The van der Waals surface area contributed by atoms with Crippen molar-refractivity contribution in [3.63, 3.8) is 0 Å². The molecule has 0 heterocycles. The second kappa shape index (κ2) is 4.95. The molecule has 0 bridgehead atoms. The van der Waals surface area contributed by atoms with Crippen LogP contribution >= 0.6 is 11.9 Å². The lowest BCUT2D eigenvalue weighted by Crippen LogP contribution is -1.54. The number of rotatable bonds is 2. The summed E-state index contributed by atoms with van der Waals surface area (Å²) in [5, 5.41) is 3.51. The van der Waals surface area contributed by atoms with Gasteiger partial charge in [0, 0.05) is 12.8 Å². The molecule has 0 N–H and O–H groups in total. The Kier molecular flexibility index (Phi) is 4.91. The van der Waals surface area contributed by atoms with Crippen molar-refractivity contribution in [3.8, 4) is 0 Å². The first kappa shape index (κ1) is 5.95. The monoisotopic (exact) mass is 104 g/mol. The number of nitrogens with zero attached hydrogens (tertiary/aromatic N) is 2. The minimum absolute atomic E-state index is 1.01. The maximum atomic E-state index is 3.63. The first-order valence-corrected chi connectivity index (χ1v) is 2.77. The van der Waals surface area contributed by atoms with Gasteiger partial charge in [0.25, 0.3) is 0 Å². The fraction of sp³-hybridized carbons (Fsp3) is 1.00. The van der Waals surface area contributed by atoms with Gasteiger partial charge in [-0.15, -0.1) is 4.52 Å². The lowest BCUT2D eigenvalue weighted by atomic mass is 11.0. The summed E-state index contributed by atoms with van der Waals surface area (Å²) < 4.78 is 3.63. The Labute approximate surface area is 42.2 Å². The van der Waals surface area contributed by atoms with Crippen molar-refractivity contribution in [3.05, 3.63) is 0 Å². The average Bonchev–Trinajstić information content (AvgIpc) is 1.61. The van der Waals surface area contributed by atoms with Gasteiger partial charge in [0.15, 0.2) is 0 Å². The van der Waals surface area contributed by atoms with Gasteiger partial charge in [0.1, 0.15) is 0 Å². The standard InChI is InChI=1S/C3H8N2S/c1-3-6-5-4-2/h3H2,1-2H3/b5-4-. The molecule has 0 fully saturated rings. The summed E-state index contributed by atoms with van der Waals surface area (Å²) in [6.07, 6.45) is 0. The predicted octanol–water partition coefficient (Wildman–Crippen LogP) is 1.74. The van der Waals surface area contributed by atoms with Crippen molar-refractivity contribution in [1.82, 2.24) is 0 Å². The molecular weight excluding hydrogens is 96.1 g/mol. The van der Waals surface area contributed by atoms with Crippen LogP contribution in [0.25, 0.3) is 0 Å². The van der Waals surface area contributed by atoms with E-state index >= 15 is 0 Å². The van der Waals surface area contributed by atoms with Crippen LogP contribution in [0.2, 0.25) is 0 Å². The van der Waals surface area contributed by atoms with Crippen LogP contribution < -0.4 is 0 Å². The third-order valence-corrected chi connectivity index (χ3v) is 0.805. The summed E-state index contributed by atoms with van der Waals surface area (Å²) in [6, 6.07) is 0. The van der Waals surface area contributed by atoms with Crippen LogP contribution in [0.3, 0.4) is 0 Å². The van der Waals surface area contributed by atoms with Crippen molar-refractivity contribution in [2.24, 2.45) is 9.63 Å². The normalized spacial score (nSPS) is 10.3. The Morgan fingerprint density at radius 3 is 2.50 bits per heavy atom. The molecule has 0 rings (SSSR count). The number of hydrogen-bond donors (Lipinski definition) is 0. The maximum Gasteiger partial charge on any atom is 0.0498 e. The topological polar surface area (TPSA) is 24.7 Å². The molecule has 0 aliphatic rings. The molecule has 0 aliphatic heterocycles. The fourth-order valence-electron chi connectivity index (χ4n) is 0.115. The van der Waals surface area contributed by atoms with Crippen LogP contribution in [0.5, 0.6) is 0 Å². The van der Waals surface area contributed by atoms with E-state index in [1.54, 1.807) is 7.05 Å². The molecule has 0 saturated carbocycles. The predicted molar refractivity (Wildman–Crippen MR) is 28.9 cm³/mol. The molecule has 36 valence electrons. The van der Waals surface area contributed by atoms with E-state index in [4.69, 9.17) is 0 Å². The summed E-state index contributed by atoms with van der Waals surface area (Å²) in [6.45, 7) is 2.04. The Bertz CT molecular complexity index is 44.1. The minimum Gasteiger partial charge on any atom is -0.185 e. The third-order valence-electron chi connectivity index (χ3n) is 0.268. The molecule has 0 unspecified atom stereocenters. The molecule has 0 aliphatic carbocycles. The Balaban J connectivity index is 2.66. The van der Waals surface area contributed by atoms with Crippen LogP contribution in [0, 0.1) is 0 Å². The van der Waals surface area contributed by atoms with Crippen molar-refractivity contribution in [1.29, 1.82) is 0 Å². The van der Waals surface area contributed by atoms with E-state index in [1.165, 1.54) is 11.9 Å². The zero-order valence-electron chi connectivity index (χ0n) is 4.01. The van der Waals surface area contributed by atoms with Gasteiger partial charge in [-0.1, -0.05) is 6.92 Å². The van der Waals surface area contributed by atoms with E-state index in [9.17, 15) is 0 Å². The quantitative estimate of drug-likeness (QED) is 0.387. The molecule has 2 nitrogen and oxygen atoms in total. The van der Waals surface area contributed by atoms with Crippen LogP contribution in [-0.2, 0) is 0 Å². The van der Waals surface area contributed by atoms with Crippen molar-refractivity contribution in [2.75, 3.05) is 12.8 Å². The molecule has 0 aromatic heterocycles. The minimum atomic E-state index is 1.01. The van der Waals surface area contributed by atoms with E-state index in [0.717, 1.165) is 5.75 Å². The Morgan fingerprint density at radius 2 is 2.33 bits per heavy atom. The second-order valence-electron chi connectivity index (χ2n) is 0.699. The number of hydrogen-bond acceptors (Lipinski definition) is 3. The highest BCUT2D eigenvalue weighted by molar-refractivity contribution is 7.97. The van der Waals surface area contributed by atoms with Crippen LogP contribution in [0.4, 0.5) is 0 Å². The molecule has 0 aromatic rings. The zero-order chi connectivity index (χ0) is 4.83. The van der Waals surface area contributed by atoms with Gasteiger partial charge in [0.2, 0.25) is 0 Å². The van der Waals surface area contributed by atoms with Gasteiger partial charge in [-0.2, -0.15) is 5.11 Å². The average molecular weight is 104 g/mol. The summed E-state index contributed by atoms with van der Waals surface area (Å²) in [5.74, 6) is 1.01. The van der Waals surface area contributed by atoms with Gasteiger partial charge < -0.3 is 0 Å².